The summed E-state index contributed by atoms with van der Waals surface area (Å²) in [5, 5.41) is 8.76. The van der Waals surface area contributed by atoms with Crippen LogP contribution in [0.5, 0.6) is 0 Å². The van der Waals surface area contributed by atoms with Crippen molar-refractivity contribution in [3.8, 4) is 0 Å². The average Bonchev–Trinajstić information content (AvgIpc) is 2.91. The Kier molecular flexibility index (Phi) is 3.14. The predicted molar refractivity (Wildman–Crippen MR) is 55.9 cm³/mol. The largest absolute Gasteiger partial charge is 0.479 e. The maximum Gasteiger partial charge on any atom is 0.332 e. The van der Waals surface area contributed by atoms with Gasteiger partial charge in [0.1, 0.15) is 6.10 Å². The lowest BCUT2D eigenvalue weighted by Crippen LogP contribution is -2.38. The number of carbonyl (C=O) groups is 2. The summed E-state index contributed by atoms with van der Waals surface area (Å²) in [5.41, 5.74) is 0. The summed E-state index contributed by atoms with van der Waals surface area (Å²) < 4.78 is 5.22. The van der Waals surface area contributed by atoms with Crippen LogP contribution in [0, 0.1) is 5.92 Å². The molecule has 1 aliphatic carbocycles. The molecule has 16 heavy (non-hydrogen) atoms. The second-order valence-electron chi connectivity index (χ2n) is 4.69. The van der Waals surface area contributed by atoms with E-state index in [4.69, 9.17) is 9.84 Å². The fraction of sp³-hybridized carbons (Fsp3) is 0.818. The van der Waals surface area contributed by atoms with Crippen LogP contribution < -0.4 is 0 Å². The Bertz CT molecular complexity index is 300. The summed E-state index contributed by atoms with van der Waals surface area (Å²) >= 11 is 0. The lowest BCUT2D eigenvalue weighted by atomic mass is 10.2. The van der Waals surface area contributed by atoms with E-state index < -0.39 is 18.2 Å². The summed E-state index contributed by atoms with van der Waals surface area (Å²) in [6.45, 7) is 0.774. The SMILES string of the molecule is CN(CC1CC1)C(=O)[C@@H]1CC[C@H](C(=O)O)O1. The molecule has 2 aliphatic rings. The second kappa shape index (κ2) is 4.41. The molecule has 1 saturated heterocycles. The summed E-state index contributed by atoms with van der Waals surface area (Å²) in [4.78, 5) is 24.2. The van der Waals surface area contributed by atoms with Gasteiger partial charge in [0, 0.05) is 13.6 Å². The Morgan fingerprint density at radius 3 is 2.38 bits per heavy atom. The van der Waals surface area contributed by atoms with Gasteiger partial charge < -0.3 is 14.7 Å². The first-order chi connectivity index (χ1) is 7.58. The third-order valence-electron chi connectivity index (χ3n) is 3.18. The number of carbonyl (C=O) groups excluding carboxylic acids is 1. The van der Waals surface area contributed by atoms with Gasteiger partial charge in [0.05, 0.1) is 0 Å². The van der Waals surface area contributed by atoms with Crippen molar-refractivity contribution in [3.05, 3.63) is 0 Å². The van der Waals surface area contributed by atoms with Gasteiger partial charge in [0.2, 0.25) is 0 Å². The van der Waals surface area contributed by atoms with Crippen molar-refractivity contribution < 1.29 is 19.4 Å². The lowest BCUT2D eigenvalue weighted by Gasteiger charge is -2.20. The van der Waals surface area contributed by atoms with E-state index in [0.717, 1.165) is 6.54 Å². The van der Waals surface area contributed by atoms with Crippen molar-refractivity contribution in [2.45, 2.75) is 37.9 Å². The highest BCUT2D eigenvalue weighted by Crippen LogP contribution is 2.30. The molecule has 0 aromatic heterocycles. The first-order valence-corrected chi connectivity index (χ1v) is 5.71. The van der Waals surface area contributed by atoms with Crippen LogP contribution >= 0.6 is 0 Å². The zero-order valence-corrected chi connectivity index (χ0v) is 9.39. The monoisotopic (exact) mass is 227 g/mol. The van der Waals surface area contributed by atoms with Gasteiger partial charge in [-0.25, -0.2) is 4.79 Å². The van der Waals surface area contributed by atoms with Crippen molar-refractivity contribution in [2.75, 3.05) is 13.6 Å². The Morgan fingerprint density at radius 2 is 1.88 bits per heavy atom. The van der Waals surface area contributed by atoms with E-state index in [1.807, 2.05) is 0 Å². The molecule has 0 aromatic rings. The number of amides is 1. The molecule has 0 unspecified atom stereocenters. The van der Waals surface area contributed by atoms with Crippen LogP contribution in [-0.2, 0) is 14.3 Å². The molecule has 2 rings (SSSR count). The molecule has 5 heteroatoms. The van der Waals surface area contributed by atoms with Gasteiger partial charge in [0.15, 0.2) is 6.10 Å². The third-order valence-corrected chi connectivity index (χ3v) is 3.18. The Balaban J connectivity index is 1.83. The van der Waals surface area contributed by atoms with Crippen molar-refractivity contribution in [2.24, 2.45) is 5.92 Å². The van der Waals surface area contributed by atoms with Crippen molar-refractivity contribution in [3.63, 3.8) is 0 Å². The maximum atomic E-state index is 11.9. The van der Waals surface area contributed by atoms with Gasteiger partial charge in [-0.3, -0.25) is 4.79 Å². The molecular formula is C11H17NO4. The molecule has 90 valence electrons. The highest BCUT2D eigenvalue weighted by Gasteiger charge is 2.37. The number of rotatable bonds is 4. The summed E-state index contributed by atoms with van der Waals surface area (Å²) in [5.74, 6) is -0.401. The normalized spacial score (nSPS) is 29.1. The Labute approximate surface area is 94.4 Å². The standard InChI is InChI=1S/C11H17NO4/c1-12(6-7-2-3-7)10(13)8-4-5-9(16-8)11(14)15/h7-9H,2-6H2,1H3,(H,14,15)/t8-,9+/m0/s1. The molecule has 0 spiro atoms. The van der Waals surface area contributed by atoms with Gasteiger partial charge in [-0.05, 0) is 31.6 Å². The van der Waals surface area contributed by atoms with Gasteiger partial charge >= 0.3 is 5.97 Å². The van der Waals surface area contributed by atoms with E-state index >= 15 is 0 Å². The van der Waals surface area contributed by atoms with E-state index in [1.54, 1.807) is 11.9 Å². The Morgan fingerprint density at radius 1 is 1.25 bits per heavy atom. The molecule has 1 heterocycles. The fourth-order valence-corrected chi connectivity index (χ4v) is 2.02. The molecule has 1 aliphatic heterocycles. The van der Waals surface area contributed by atoms with Gasteiger partial charge in [-0.1, -0.05) is 0 Å². The summed E-state index contributed by atoms with van der Waals surface area (Å²) in [7, 11) is 1.76. The fourth-order valence-electron chi connectivity index (χ4n) is 2.02. The molecule has 1 amide bonds. The first-order valence-electron chi connectivity index (χ1n) is 5.71. The number of ether oxygens (including phenoxy) is 1. The molecule has 0 bridgehead atoms. The van der Waals surface area contributed by atoms with Gasteiger partial charge in [-0.2, -0.15) is 0 Å². The number of aliphatic carboxylic acids is 1. The minimum Gasteiger partial charge on any atom is -0.479 e. The van der Waals surface area contributed by atoms with Crippen molar-refractivity contribution in [1.29, 1.82) is 0 Å². The van der Waals surface area contributed by atoms with Crippen LogP contribution in [0.1, 0.15) is 25.7 Å². The zero-order valence-electron chi connectivity index (χ0n) is 9.39. The molecule has 1 N–H and O–H groups in total. The quantitative estimate of drug-likeness (QED) is 0.759. The smallest absolute Gasteiger partial charge is 0.332 e. The van der Waals surface area contributed by atoms with Crippen molar-refractivity contribution in [1.82, 2.24) is 4.90 Å². The molecule has 2 fully saturated rings. The summed E-state index contributed by atoms with van der Waals surface area (Å²) in [6.07, 6.45) is 1.99. The number of nitrogens with zero attached hydrogens (tertiary/aromatic N) is 1. The number of carboxylic acid groups (broad SMARTS) is 1. The molecule has 1 saturated carbocycles. The maximum absolute atomic E-state index is 11.9. The number of likely N-dealkylation sites (N-methyl/N-ethyl adjacent to an activating group) is 1. The lowest BCUT2D eigenvalue weighted by molar-refractivity contribution is -0.154. The van der Waals surface area contributed by atoms with Crippen LogP contribution in [0.3, 0.4) is 0 Å². The van der Waals surface area contributed by atoms with Crippen LogP contribution in [-0.4, -0.2) is 47.7 Å². The van der Waals surface area contributed by atoms with Crippen LogP contribution in [0.15, 0.2) is 0 Å². The minimum absolute atomic E-state index is 0.0735. The van der Waals surface area contributed by atoms with E-state index in [2.05, 4.69) is 0 Å². The number of hydrogen-bond donors (Lipinski definition) is 1. The minimum atomic E-state index is -0.972. The van der Waals surface area contributed by atoms with E-state index in [-0.39, 0.29) is 5.91 Å². The average molecular weight is 227 g/mol. The molecule has 2 atom stereocenters. The third kappa shape index (κ3) is 2.52. The van der Waals surface area contributed by atoms with Crippen LogP contribution in [0.25, 0.3) is 0 Å². The van der Waals surface area contributed by atoms with Crippen LogP contribution in [0.2, 0.25) is 0 Å². The Hall–Kier alpha value is -1.10. The first kappa shape index (κ1) is 11.4. The van der Waals surface area contributed by atoms with Gasteiger partial charge in [0.25, 0.3) is 5.91 Å². The van der Waals surface area contributed by atoms with Crippen LogP contribution in [0.4, 0.5) is 0 Å². The highest BCUT2D eigenvalue weighted by atomic mass is 16.5. The predicted octanol–water partition coefficient (Wildman–Crippen LogP) is 0.487. The topological polar surface area (TPSA) is 66.8 Å². The second-order valence-corrected chi connectivity index (χ2v) is 4.69. The zero-order chi connectivity index (χ0) is 11.7. The molecule has 5 nitrogen and oxygen atoms in total. The van der Waals surface area contributed by atoms with Crippen molar-refractivity contribution >= 4 is 11.9 Å². The molecule has 0 aromatic carbocycles. The molecule has 0 radical (unpaired) electrons. The van der Waals surface area contributed by atoms with E-state index in [1.165, 1.54) is 12.8 Å². The number of hydrogen-bond acceptors (Lipinski definition) is 3. The highest BCUT2D eigenvalue weighted by molar-refractivity contribution is 5.82. The van der Waals surface area contributed by atoms with E-state index in [9.17, 15) is 9.59 Å². The van der Waals surface area contributed by atoms with Gasteiger partial charge in [-0.15, -0.1) is 0 Å². The summed E-state index contributed by atoms with van der Waals surface area (Å²) in [6, 6.07) is 0. The molecular weight excluding hydrogens is 210 g/mol. The van der Waals surface area contributed by atoms with E-state index in [0.29, 0.717) is 18.8 Å². The number of carboxylic acids is 1.